The number of furan rings is 1. The van der Waals surface area contributed by atoms with Crippen LogP contribution in [-0.4, -0.2) is 5.11 Å². The van der Waals surface area contributed by atoms with Crippen LogP contribution in [0.15, 0.2) is 22.6 Å². The van der Waals surface area contributed by atoms with Crippen molar-refractivity contribution < 1.29 is 9.52 Å². The minimum absolute atomic E-state index is 0.0360. The molecule has 1 unspecified atom stereocenters. The highest BCUT2D eigenvalue weighted by Crippen LogP contribution is 2.35. The van der Waals surface area contributed by atoms with Crippen molar-refractivity contribution in [2.75, 3.05) is 0 Å². The predicted octanol–water partition coefficient (Wildman–Crippen LogP) is 5.13. The molecule has 0 aliphatic heterocycles. The van der Waals surface area contributed by atoms with Gasteiger partial charge in [-0.15, -0.1) is 0 Å². The number of rotatable bonds is 4. The van der Waals surface area contributed by atoms with E-state index in [0.29, 0.717) is 5.76 Å². The van der Waals surface area contributed by atoms with Gasteiger partial charge in [0.1, 0.15) is 17.4 Å². The predicted molar refractivity (Wildman–Crippen MR) is 84.2 cm³/mol. The second-order valence-electron chi connectivity index (χ2n) is 6.62. The summed E-state index contributed by atoms with van der Waals surface area (Å²) in [4.78, 5) is 0. The van der Waals surface area contributed by atoms with E-state index < -0.39 is 6.10 Å². The van der Waals surface area contributed by atoms with Crippen molar-refractivity contribution in [3.05, 3.63) is 35.1 Å². The van der Waals surface area contributed by atoms with Crippen LogP contribution in [0.2, 0.25) is 0 Å². The lowest BCUT2D eigenvalue weighted by Crippen LogP contribution is -2.11. The number of aliphatic hydroxyl groups excluding tert-OH is 1. The fourth-order valence-electron chi connectivity index (χ4n) is 2.58. The van der Waals surface area contributed by atoms with Gasteiger partial charge in [0.05, 0.1) is 0 Å². The lowest BCUT2D eigenvalue weighted by molar-refractivity contribution is 0.141. The van der Waals surface area contributed by atoms with Gasteiger partial charge in [-0.2, -0.15) is 0 Å². The zero-order valence-corrected chi connectivity index (χ0v) is 13.3. The minimum atomic E-state index is -0.495. The van der Waals surface area contributed by atoms with E-state index in [4.69, 9.17) is 4.42 Å². The second kappa shape index (κ2) is 5.61. The molecule has 1 atom stereocenters. The Morgan fingerprint density at radius 1 is 1.15 bits per heavy atom. The van der Waals surface area contributed by atoms with Gasteiger partial charge in [0, 0.05) is 10.9 Å². The molecule has 2 heteroatoms. The lowest BCUT2D eigenvalue weighted by Gasteiger charge is -2.20. The van der Waals surface area contributed by atoms with E-state index in [0.717, 1.165) is 30.2 Å². The molecule has 2 nitrogen and oxygen atoms in total. The van der Waals surface area contributed by atoms with Crippen molar-refractivity contribution in [2.24, 2.45) is 0 Å². The average Bonchev–Trinajstić information content (AvgIpc) is 2.80. The molecular formula is C18H26O2. The van der Waals surface area contributed by atoms with Crippen molar-refractivity contribution in [1.82, 2.24) is 0 Å². The molecule has 0 saturated carbocycles. The van der Waals surface area contributed by atoms with Gasteiger partial charge in [-0.25, -0.2) is 0 Å². The molecule has 2 rings (SSSR count). The van der Waals surface area contributed by atoms with Crippen LogP contribution in [0.25, 0.3) is 11.0 Å². The van der Waals surface area contributed by atoms with Crippen LogP contribution < -0.4 is 0 Å². The van der Waals surface area contributed by atoms with Gasteiger partial charge in [-0.1, -0.05) is 47.1 Å². The van der Waals surface area contributed by atoms with Crippen LogP contribution in [0.3, 0.4) is 0 Å². The number of hydrogen-bond donors (Lipinski definition) is 1. The highest BCUT2D eigenvalue weighted by molar-refractivity contribution is 5.83. The topological polar surface area (TPSA) is 33.4 Å². The highest BCUT2D eigenvalue weighted by atomic mass is 16.4. The van der Waals surface area contributed by atoms with Crippen LogP contribution in [-0.2, 0) is 11.8 Å². The zero-order valence-electron chi connectivity index (χ0n) is 13.3. The van der Waals surface area contributed by atoms with E-state index in [1.807, 2.05) is 6.07 Å². The number of benzene rings is 1. The molecule has 20 heavy (non-hydrogen) atoms. The summed E-state index contributed by atoms with van der Waals surface area (Å²) in [6.45, 7) is 10.8. The monoisotopic (exact) mass is 274 g/mol. The minimum Gasteiger partial charge on any atom is -0.458 e. The number of fused-ring (bicyclic) bond motifs is 1. The Hall–Kier alpha value is -1.28. The summed E-state index contributed by atoms with van der Waals surface area (Å²) in [6, 6.07) is 6.42. The van der Waals surface area contributed by atoms with Crippen molar-refractivity contribution in [3.63, 3.8) is 0 Å². The third kappa shape index (κ3) is 2.90. The van der Waals surface area contributed by atoms with E-state index in [1.165, 1.54) is 11.1 Å². The van der Waals surface area contributed by atoms with Crippen LogP contribution in [0.5, 0.6) is 0 Å². The Labute approximate surface area is 121 Å². The van der Waals surface area contributed by atoms with Gasteiger partial charge >= 0.3 is 0 Å². The highest BCUT2D eigenvalue weighted by Gasteiger charge is 2.22. The van der Waals surface area contributed by atoms with Crippen LogP contribution >= 0.6 is 0 Å². The average molecular weight is 274 g/mol. The molecule has 1 aromatic carbocycles. The Morgan fingerprint density at radius 2 is 1.85 bits per heavy atom. The molecule has 0 fully saturated rings. The van der Waals surface area contributed by atoms with Crippen molar-refractivity contribution in [2.45, 2.75) is 65.4 Å². The number of hydrogen-bond acceptors (Lipinski definition) is 2. The van der Waals surface area contributed by atoms with E-state index in [2.05, 4.69) is 46.8 Å². The molecule has 1 N–H and O–H groups in total. The maximum Gasteiger partial charge on any atom is 0.138 e. The van der Waals surface area contributed by atoms with Gasteiger partial charge in [-0.3, -0.25) is 0 Å². The molecule has 0 aliphatic rings. The molecule has 110 valence electrons. The maximum absolute atomic E-state index is 10.1. The summed E-state index contributed by atoms with van der Waals surface area (Å²) < 4.78 is 5.99. The summed E-state index contributed by atoms with van der Waals surface area (Å²) in [5, 5.41) is 11.3. The first-order valence-electron chi connectivity index (χ1n) is 7.61. The Bertz CT molecular complexity index is 587. The molecular weight excluding hydrogens is 248 g/mol. The summed E-state index contributed by atoms with van der Waals surface area (Å²) in [7, 11) is 0. The molecule has 1 aromatic heterocycles. The van der Waals surface area contributed by atoms with Crippen molar-refractivity contribution >= 4 is 11.0 Å². The van der Waals surface area contributed by atoms with E-state index >= 15 is 0 Å². The molecule has 0 saturated heterocycles. The van der Waals surface area contributed by atoms with E-state index in [-0.39, 0.29) is 5.41 Å². The van der Waals surface area contributed by atoms with Crippen molar-refractivity contribution in [1.29, 1.82) is 0 Å². The van der Waals surface area contributed by atoms with Gasteiger partial charge in [0.15, 0.2) is 0 Å². The SMILES string of the molecule is CCCC(O)c1cc2cc(CC)cc(C(C)(C)C)c2o1. The van der Waals surface area contributed by atoms with Gasteiger partial charge < -0.3 is 9.52 Å². The van der Waals surface area contributed by atoms with Crippen LogP contribution in [0.4, 0.5) is 0 Å². The van der Waals surface area contributed by atoms with Gasteiger partial charge in [-0.05, 0) is 36.0 Å². The smallest absolute Gasteiger partial charge is 0.138 e. The standard InChI is InChI=1S/C18H26O2/c1-6-8-15(19)16-11-13-9-12(7-2)10-14(17(13)20-16)18(3,4)5/h9-11,15,19H,6-8H2,1-5H3. The normalized spacial score (nSPS) is 13.9. The largest absolute Gasteiger partial charge is 0.458 e. The van der Waals surface area contributed by atoms with Gasteiger partial charge in [0.2, 0.25) is 0 Å². The molecule has 0 radical (unpaired) electrons. The van der Waals surface area contributed by atoms with Crippen LogP contribution in [0, 0.1) is 0 Å². The quantitative estimate of drug-likeness (QED) is 0.838. The fourth-order valence-corrected chi connectivity index (χ4v) is 2.58. The van der Waals surface area contributed by atoms with Crippen LogP contribution in [0.1, 0.15) is 70.5 Å². The molecule has 0 aliphatic carbocycles. The molecule has 0 bridgehead atoms. The zero-order chi connectivity index (χ0) is 14.9. The summed E-state index contributed by atoms with van der Waals surface area (Å²) >= 11 is 0. The summed E-state index contributed by atoms with van der Waals surface area (Å²) in [6.07, 6.45) is 2.21. The third-order valence-corrected chi connectivity index (χ3v) is 3.80. The van der Waals surface area contributed by atoms with E-state index in [9.17, 15) is 5.11 Å². The molecule has 1 heterocycles. The Morgan fingerprint density at radius 3 is 2.40 bits per heavy atom. The first-order valence-corrected chi connectivity index (χ1v) is 7.61. The molecule has 0 spiro atoms. The Balaban J connectivity index is 2.60. The van der Waals surface area contributed by atoms with Gasteiger partial charge in [0.25, 0.3) is 0 Å². The lowest BCUT2D eigenvalue weighted by atomic mass is 9.85. The van der Waals surface area contributed by atoms with E-state index in [1.54, 1.807) is 0 Å². The fraction of sp³-hybridized carbons (Fsp3) is 0.556. The molecule has 0 amide bonds. The number of aliphatic hydroxyl groups is 1. The third-order valence-electron chi connectivity index (χ3n) is 3.80. The second-order valence-corrected chi connectivity index (χ2v) is 6.62. The first kappa shape index (κ1) is 15.1. The first-order chi connectivity index (χ1) is 9.36. The van der Waals surface area contributed by atoms with Crippen molar-refractivity contribution in [3.8, 4) is 0 Å². The Kier molecular flexibility index (Phi) is 4.24. The summed E-state index contributed by atoms with van der Waals surface area (Å²) in [5.74, 6) is 0.695. The maximum atomic E-state index is 10.1. The molecule has 2 aromatic rings. The summed E-state index contributed by atoms with van der Waals surface area (Å²) in [5.41, 5.74) is 3.51. The number of aryl methyl sites for hydroxylation is 1.